The van der Waals surface area contributed by atoms with Crippen molar-refractivity contribution in [3.05, 3.63) is 74.6 Å². The molecule has 0 atom stereocenters. The predicted molar refractivity (Wildman–Crippen MR) is 138 cm³/mol. The molecule has 1 N–H and O–H groups in total. The molecule has 2 aromatic rings. The molecule has 0 saturated heterocycles. The Kier molecular flexibility index (Phi) is 9.55. The standard InChI is InChI=1S/C26H25ClFNO6S/c1-4-8-21(30)29-25-22(26(32)34-5-2)23(31)20(36-25)13-15-11-17(27)24(19(12-15)33-3)35-14-16-9-6-7-10-18(16)28/h6-7,9-13,31H,4-5,8,14H2,1-3H3/b20-13-,29-25?. The van der Waals surface area contributed by atoms with Crippen molar-refractivity contribution in [2.75, 3.05) is 13.7 Å². The van der Waals surface area contributed by atoms with E-state index in [9.17, 15) is 19.1 Å². The first kappa shape index (κ1) is 27.3. The highest BCUT2D eigenvalue weighted by Gasteiger charge is 2.33. The molecule has 0 bridgehead atoms. The SMILES string of the molecule is CCCC(=O)N=C1S/C(=C\c2cc(Cl)c(OCc3ccccc3F)c(OC)c2)C(O)=C1C(=O)OCC. The molecule has 0 aromatic heterocycles. The summed E-state index contributed by atoms with van der Waals surface area (Å²) in [5, 5.41) is 11.0. The molecule has 10 heteroatoms. The Balaban J connectivity index is 1.94. The largest absolute Gasteiger partial charge is 0.506 e. The van der Waals surface area contributed by atoms with Gasteiger partial charge in [0.1, 0.15) is 28.8 Å². The number of aliphatic imine (C=N–C) groups is 1. The second kappa shape index (κ2) is 12.6. The number of benzene rings is 2. The van der Waals surface area contributed by atoms with Gasteiger partial charge in [0.2, 0.25) is 5.91 Å². The molecule has 1 amide bonds. The molecule has 0 saturated carbocycles. The lowest BCUT2D eigenvalue weighted by atomic mass is 10.1. The van der Waals surface area contributed by atoms with E-state index in [-0.39, 0.29) is 57.4 Å². The number of hydrogen-bond acceptors (Lipinski definition) is 7. The molecule has 0 spiro atoms. The average Bonchev–Trinajstić information content (AvgIpc) is 3.13. The van der Waals surface area contributed by atoms with Crippen LogP contribution >= 0.6 is 23.4 Å². The first-order valence-corrected chi connectivity index (χ1v) is 12.3. The normalized spacial score (nSPS) is 15.5. The number of esters is 1. The summed E-state index contributed by atoms with van der Waals surface area (Å²) < 4.78 is 30.1. The number of rotatable bonds is 9. The zero-order valence-electron chi connectivity index (χ0n) is 20.0. The van der Waals surface area contributed by atoms with Crippen molar-refractivity contribution in [1.29, 1.82) is 0 Å². The third-order valence-corrected chi connectivity index (χ3v) is 6.24. The van der Waals surface area contributed by atoms with Crippen molar-refractivity contribution >= 4 is 46.4 Å². The lowest BCUT2D eigenvalue weighted by molar-refractivity contribution is -0.138. The van der Waals surface area contributed by atoms with Crippen LogP contribution in [-0.2, 0) is 20.9 Å². The molecule has 0 radical (unpaired) electrons. The van der Waals surface area contributed by atoms with Gasteiger partial charge < -0.3 is 19.3 Å². The van der Waals surface area contributed by atoms with Gasteiger partial charge in [-0.15, -0.1) is 0 Å². The summed E-state index contributed by atoms with van der Waals surface area (Å²) in [4.78, 5) is 28.8. The van der Waals surface area contributed by atoms with E-state index in [1.165, 1.54) is 13.2 Å². The van der Waals surface area contributed by atoms with Gasteiger partial charge in [-0.3, -0.25) is 4.79 Å². The quantitative estimate of drug-likeness (QED) is 0.380. The number of ether oxygens (including phenoxy) is 3. The number of carbonyl (C=O) groups excluding carboxylic acids is 2. The highest BCUT2D eigenvalue weighted by Crippen LogP contribution is 2.42. The zero-order chi connectivity index (χ0) is 26.2. The Morgan fingerprint density at radius 2 is 1.97 bits per heavy atom. The van der Waals surface area contributed by atoms with E-state index in [1.807, 2.05) is 6.92 Å². The van der Waals surface area contributed by atoms with Crippen molar-refractivity contribution in [2.24, 2.45) is 4.99 Å². The maximum Gasteiger partial charge on any atom is 0.344 e. The predicted octanol–water partition coefficient (Wildman–Crippen LogP) is 6.25. The monoisotopic (exact) mass is 533 g/mol. The Morgan fingerprint density at radius 1 is 1.22 bits per heavy atom. The van der Waals surface area contributed by atoms with Gasteiger partial charge >= 0.3 is 5.97 Å². The van der Waals surface area contributed by atoms with Crippen molar-refractivity contribution in [2.45, 2.75) is 33.3 Å². The second-order valence-corrected chi connectivity index (χ2v) is 8.97. The molecule has 0 aliphatic carbocycles. The van der Waals surface area contributed by atoms with Crippen LogP contribution < -0.4 is 9.47 Å². The van der Waals surface area contributed by atoms with E-state index in [1.54, 1.807) is 43.3 Å². The summed E-state index contributed by atoms with van der Waals surface area (Å²) in [5.41, 5.74) is 0.712. The van der Waals surface area contributed by atoms with Gasteiger partial charge in [0.25, 0.3) is 0 Å². The zero-order valence-corrected chi connectivity index (χ0v) is 21.5. The molecule has 0 fully saturated rings. The summed E-state index contributed by atoms with van der Waals surface area (Å²) in [6.07, 6.45) is 2.37. The molecule has 3 rings (SSSR count). The van der Waals surface area contributed by atoms with Crippen LogP contribution in [0.1, 0.15) is 37.8 Å². The van der Waals surface area contributed by atoms with E-state index in [2.05, 4.69) is 4.99 Å². The molecule has 0 unspecified atom stereocenters. The van der Waals surface area contributed by atoms with Crippen LogP contribution in [0.2, 0.25) is 5.02 Å². The molecular weight excluding hydrogens is 509 g/mol. The minimum absolute atomic E-state index is 0.0585. The molecular formula is C26H25ClFNO6S. The smallest absolute Gasteiger partial charge is 0.344 e. The van der Waals surface area contributed by atoms with Crippen molar-refractivity contribution < 1.29 is 33.3 Å². The molecule has 36 heavy (non-hydrogen) atoms. The van der Waals surface area contributed by atoms with Crippen LogP contribution in [0.15, 0.2) is 57.6 Å². The Hall–Kier alpha value is -3.30. The fourth-order valence-electron chi connectivity index (χ4n) is 3.25. The number of amides is 1. The number of carbonyl (C=O) groups is 2. The van der Waals surface area contributed by atoms with E-state index < -0.39 is 17.7 Å². The molecule has 1 heterocycles. The molecule has 2 aromatic carbocycles. The summed E-state index contributed by atoms with van der Waals surface area (Å²) in [7, 11) is 1.43. The van der Waals surface area contributed by atoms with Crippen LogP contribution in [0.3, 0.4) is 0 Å². The molecule has 190 valence electrons. The summed E-state index contributed by atoms with van der Waals surface area (Å²) in [6, 6.07) is 9.42. The van der Waals surface area contributed by atoms with E-state index in [0.29, 0.717) is 17.5 Å². The van der Waals surface area contributed by atoms with Crippen molar-refractivity contribution in [1.82, 2.24) is 0 Å². The van der Waals surface area contributed by atoms with Crippen LogP contribution in [0.5, 0.6) is 11.5 Å². The van der Waals surface area contributed by atoms with Gasteiger partial charge in [0.05, 0.1) is 23.6 Å². The number of thioether (sulfide) groups is 1. The van der Waals surface area contributed by atoms with E-state index >= 15 is 0 Å². The molecule has 1 aliphatic rings. The number of halogens is 2. The number of hydrogen-bond donors (Lipinski definition) is 1. The topological polar surface area (TPSA) is 94.4 Å². The number of nitrogens with zero attached hydrogens (tertiary/aromatic N) is 1. The van der Waals surface area contributed by atoms with Crippen LogP contribution in [-0.4, -0.2) is 35.7 Å². The second-order valence-electron chi connectivity index (χ2n) is 7.53. The summed E-state index contributed by atoms with van der Waals surface area (Å²) >= 11 is 7.41. The lowest BCUT2D eigenvalue weighted by Crippen LogP contribution is -2.14. The highest BCUT2D eigenvalue weighted by atomic mass is 35.5. The Bertz CT molecular complexity index is 1260. The van der Waals surface area contributed by atoms with Gasteiger partial charge in [0.15, 0.2) is 11.5 Å². The number of aliphatic hydroxyl groups is 1. The fourth-order valence-corrected chi connectivity index (χ4v) is 4.56. The maximum atomic E-state index is 13.9. The maximum absolute atomic E-state index is 13.9. The van der Waals surface area contributed by atoms with Gasteiger partial charge in [-0.1, -0.05) is 48.5 Å². The third-order valence-electron chi connectivity index (χ3n) is 4.94. The van der Waals surface area contributed by atoms with E-state index in [0.717, 1.165) is 11.8 Å². The molecule has 1 aliphatic heterocycles. The number of aliphatic hydroxyl groups excluding tert-OH is 1. The summed E-state index contributed by atoms with van der Waals surface area (Å²) in [6.45, 7) is 3.51. The minimum atomic E-state index is -0.776. The highest BCUT2D eigenvalue weighted by molar-refractivity contribution is 8.18. The Labute approximate surface area is 217 Å². The lowest BCUT2D eigenvalue weighted by Gasteiger charge is -2.14. The Morgan fingerprint density at radius 3 is 2.64 bits per heavy atom. The molecule has 7 nitrogen and oxygen atoms in total. The van der Waals surface area contributed by atoms with Gasteiger partial charge in [-0.05, 0) is 43.2 Å². The average molecular weight is 534 g/mol. The van der Waals surface area contributed by atoms with Gasteiger partial charge in [0, 0.05) is 12.0 Å². The van der Waals surface area contributed by atoms with E-state index in [4.69, 9.17) is 25.8 Å². The summed E-state index contributed by atoms with van der Waals surface area (Å²) in [5.74, 6) is -1.42. The first-order valence-electron chi connectivity index (χ1n) is 11.1. The van der Waals surface area contributed by atoms with Gasteiger partial charge in [-0.2, -0.15) is 0 Å². The third kappa shape index (κ3) is 6.47. The fraction of sp³-hybridized carbons (Fsp3) is 0.269. The van der Waals surface area contributed by atoms with Crippen LogP contribution in [0.25, 0.3) is 6.08 Å². The minimum Gasteiger partial charge on any atom is -0.506 e. The van der Waals surface area contributed by atoms with Gasteiger partial charge in [-0.25, -0.2) is 14.2 Å². The first-order chi connectivity index (χ1) is 17.3. The number of methoxy groups -OCH3 is 1. The van der Waals surface area contributed by atoms with Crippen molar-refractivity contribution in [3.8, 4) is 11.5 Å². The van der Waals surface area contributed by atoms with Crippen LogP contribution in [0.4, 0.5) is 4.39 Å². The van der Waals surface area contributed by atoms with Crippen molar-refractivity contribution in [3.63, 3.8) is 0 Å². The van der Waals surface area contributed by atoms with Crippen LogP contribution in [0, 0.1) is 5.82 Å².